The molecule has 0 radical (unpaired) electrons. The molecular formula is C28H36F2O6. The fourth-order valence-corrected chi connectivity index (χ4v) is 8.44. The third kappa shape index (κ3) is 3.12. The lowest BCUT2D eigenvalue weighted by Crippen LogP contribution is -2.63. The van der Waals surface area contributed by atoms with Crippen molar-refractivity contribution in [2.45, 2.75) is 102 Å². The van der Waals surface area contributed by atoms with Gasteiger partial charge in [-0.2, -0.15) is 0 Å². The molecule has 2 N–H and O–H groups in total. The van der Waals surface area contributed by atoms with E-state index in [2.05, 4.69) is 0 Å². The maximum Gasteiger partial charge on any atom is 0.336 e. The van der Waals surface area contributed by atoms with Crippen LogP contribution >= 0.6 is 0 Å². The third-order valence-electron chi connectivity index (χ3n) is 11.0. The molecule has 0 aromatic rings. The van der Waals surface area contributed by atoms with Gasteiger partial charge < -0.3 is 14.9 Å². The molecule has 4 saturated carbocycles. The largest absolute Gasteiger partial charge is 0.479 e. The molecule has 0 heterocycles. The summed E-state index contributed by atoms with van der Waals surface area (Å²) in [7, 11) is 0. The van der Waals surface area contributed by atoms with Gasteiger partial charge in [0.15, 0.2) is 11.4 Å². The highest BCUT2D eigenvalue weighted by Gasteiger charge is 2.69. The van der Waals surface area contributed by atoms with Crippen LogP contribution in [0.2, 0.25) is 0 Å². The molecule has 36 heavy (non-hydrogen) atoms. The van der Waals surface area contributed by atoms with E-state index in [0.29, 0.717) is 32.1 Å². The first-order valence-electron chi connectivity index (χ1n) is 13.2. The molecule has 5 rings (SSSR count). The molecule has 0 saturated heterocycles. The molecule has 2 unspecified atom stereocenters. The standard InChI is InChI=1S/C28H36F2O6/c1-24-12-13-27(30)18(15-20(29)19-14-16(31)8-11-25(19,27)2)17(24)6-7-21(24)36-23(34)26(3)9-4-5-10-28(26,35)22(32)33/h8,11,14,17-18,20-21,35H,4-7,9-10,12-13,15H2,1-3H3,(H,32,33)/t17-,18-,20-,21+,24-,25-,26?,27+,28?/m0/s1. The molecule has 8 heteroatoms. The number of alkyl halides is 2. The molecule has 5 aliphatic carbocycles. The van der Waals surface area contributed by atoms with Gasteiger partial charge in [0.1, 0.15) is 23.4 Å². The second kappa shape index (κ2) is 7.95. The maximum atomic E-state index is 17.0. The lowest BCUT2D eigenvalue weighted by Gasteiger charge is -2.60. The van der Waals surface area contributed by atoms with Crippen LogP contribution in [-0.4, -0.2) is 51.5 Å². The molecule has 9 atom stereocenters. The minimum Gasteiger partial charge on any atom is -0.479 e. The summed E-state index contributed by atoms with van der Waals surface area (Å²) in [6, 6.07) is 0. The number of halogens is 2. The Balaban J connectivity index is 1.42. The summed E-state index contributed by atoms with van der Waals surface area (Å²) >= 11 is 0. The Morgan fingerprint density at radius 2 is 1.75 bits per heavy atom. The Labute approximate surface area is 210 Å². The van der Waals surface area contributed by atoms with Crippen molar-refractivity contribution in [3.05, 3.63) is 23.8 Å². The first-order valence-corrected chi connectivity index (χ1v) is 13.2. The van der Waals surface area contributed by atoms with Crippen LogP contribution in [0.25, 0.3) is 0 Å². The van der Waals surface area contributed by atoms with E-state index >= 15 is 8.78 Å². The fourth-order valence-electron chi connectivity index (χ4n) is 8.44. The predicted molar refractivity (Wildman–Crippen MR) is 126 cm³/mol. The van der Waals surface area contributed by atoms with E-state index < -0.39 is 57.6 Å². The number of ether oxygens (including phenoxy) is 1. The molecule has 4 fully saturated rings. The second-order valence-corrected chi connectivity index (χ2v) is 12.5. The van der Waals surface area contributed by atoms with E-state index in [1.165, 1.54) is 25.2 Å². The van der Waals surface area contributed by atoms with Crippen LogP contribution in [0, 0.1) is 28.1 Å². The quantitative estimate of drug-likeness (QED) is 0.541. The zero-order valence-electron chi connectivity index (χ0n) is 21.2. The number of rotatable bonds is 3. The summed E-state index contributed by atoms with van der Waals surface area (Å²) in [5.41, 5.74) is -7.07. The Bertz CT molecular complexity index is 1070. The molecule has 0 amide bonds. The molecule has 0 bridgehead atoms. The molecule has 0 aliphatic heterocycles. The number of esters is 1. The summed E-state index contributed by atoms with van der Waals surface area (Å²) in [4.78, 5) is 37.3. The van der Waals surface area contributed by atoms with Crippen molar-refractivity contribution in [1.29, 1.82) is 0 Å². The average Bonchev–Trinajstić information content (AvgIpc) is 3.14. The number of aliphatic carboxylic acids is 1. The van der Waals surface area contributed by atoms with Gasteiger partial charge in [-0.25, -0.2) is 13.6 Å². The van der Waals surface area contributed by atoms with Crippen LogP contribution in [0.3, 0.4) is 0 Å². The molecule has 198 valence electrons. The van der Waals surface area contributed by atoms with Gasteiger partial charge in [-0.05, 0) is 88.9 Å². The molecule has 5 aliphatic rings. The summed E-state index contributed by atoms with van der Waals surface area (Å²) in [5, 5.41) is 20.7. The number of fused-ring (bicyclic) bond motifs is 5. The summed E-state index contributed by atoms with van der Waals surface area (Å²) in [6.07, 6.45) is 5.04. The predicted octanol–water partition coefficient (Wildman–Crippen LogP) is 4.64. The zero-order valence-corrected chi connectivity index (χ0v) is 21.2. The lowest BCUT2D eigenvalue weighted by molar-refractivity contribution is -0.206. The van der Waals surface area contributed by atoms with Crippen molar-refractivity contribution in [2.75, 3.05) is 0 Å². The first kappa shape index (κ1) is 25.6. The van der Waals surface area contributed by atoms with Gasteiger partial charge in [0, 0.05) is 16.7 Å². The SMILES string of the molecule is CC1(C(=O)O[C@@H]2CC[C@H]3[C@@H]4C[C@H](F)C5=CC(=O)C=C[C@]5(C)[C@@]4(F)CC[C@]23C)CCCCC1(O)C(=O)O. The third-order valence-corrected chi connectivity index (χ3v) is 11.0. The smallest absolute Gasteiger partial charge is 0.336 e. The van der Waals surface area contributed by atoms with Crippen LogP contribution in [0.1, 0.15) is 78.6 Å². The van der Waals surface area contributed by atoms with Crippen LogP contribution in [0.15, 0.2) is 23.8 Å². The van der Waals surface area contributed by atoms with Gasteiger partial charge in [-0.15, -0.1) is 0 Å². The lowest BCUT2D eigenvalue weighted by atomic mass is 9.46. The molecule has 0 aromatic carbocycles. The summed E-state index contributed by atoms with van der Waals surface area (Å²) < 4.78 is 38.4. The number of carbonyl (C=O) groups excluding carboxylic acids is 2. The van der Waals surface area contributed by atoms with E-state index in [0.717, 1.165) is 0 Å². The van der Waals surface area contributed by atoms with Crippen LogP contribution in [0.4, 0.5) is 8.78 Å². The Kier molecular flexibility index (Phi) is 5.65. The molecule has 0 aromatic heterocycles. The zero-order chi connectivity index (χ0) is 26.3. The van der Waals surface area contributed by atoms with E-state index in [9.17, 15) is 24.6 Å². The van der Waals surface area contributed by atoms with E-state index in [1.54, 1.807) is 6.92 Å². The topological polar surface area (TPSA) is 101 Å². The van der Waals surface area contributed by atoms with Gasteiger partial charge in [0.2, 0.25) is 0 Å². The van der Waals surface area contributed by atoms with Crippen molar-refractivity contribution in [1.82, 2.24) is 0 Å². The highest BCUT2D eigenvalue weighted by Crippen LogP contribution is 2.68. The van der Waals surface area contributed by atoms with Gasteiger partial charge in [-0.1, -0.05) is 19.4 Å². The van der Waals surface area contributed by atoms with Gasteiger partial charge >= 0.3 is 11.9 Å². The monoisotopic (exact) mass is 506 g/mol. The number of carboxylic acid groups (broad SMARTS) is 1. The van der Waals surface area contributed by atoms with Crippen molar-refractivity contribution >= 4 is 17.7 Å². The van der Waals surface area contributed by atoms with Crippen LogP contribution < -0.4 is 0 Å². The van der Waals surface area contributed by atoms with Gasteiger partial charge in [-0.3, -0.25) is 9.59 Å². The molecule has 0 spiro atoms. The number of carboxylic acids is 1. The number of hydrogen-bond acceptors (Lipinski definition) is 5. The van der Waals surface area contributed by atoms with Crippen molar-refractivity contribution in [2.24, 2.45) is 28.1 Å². The van der Waals surface area contributed by atoms with Crippen molar-refractivity contribution in [3.63, 3.8) is 0 Å². The van der Waals surface area contributed by atoms with Gasteiger partial charge in [0.25, 0.3) is 0 Å². The second-order valence-electron chi connectivity index (χ2n) is 12.5. The number of aliphatic hydroxyl groups is 1. The van der Waals surface area contributed by atoms with Gasteiger partial charge in [0.05, 0.1) is 0 Å². The summed E-state index contributed by atoms with van der Waals surface area (Å²) in [6.45, 7) is 5.12. The van der Waals surface area contributed by atoms with Crippen molar-refractivity contribution in [3.8, 4) is 0 Å². The first-order chi connectivity index (χ1) is 16.7. The van der Waals surface area contributed by atoms with Crippen LogP contribution in [-0.2, 0) is 19.1 Å². The maximum absolute atomic E-state index is 17.0. The average molecular weight is 507 g/mol. The Morgan fingerprint density at radius 3 is 2.44 bits per heavy atom. The number of hydrogen-bond donors (Lipinski definition) is 2. The van der Waals surface area contributed by atoms with E-state index in [-0.39, 0.29) is 43.0 Å². The van der Waals surface area contributed by atoms with E-state index in [4.69, 9.17) is 4.74 Å². The minimum absolute atomic E-state index is 0.0174. The molecular weight excluding hydrogens is 470 g/mol. The Morgan fingerprint density at radius 1 is 1.06 bits per heavy atom. The normalized spacial score (nSPS) is 49.9. The van der Waals surface area contributed by atoms with Crippen molar-refractivity contribution < 1.29 is 38.1 Å². The van der Waals surface area contributed by atoms with Crippen LogP contribution in [0.5, 0.6) is 0 Å². The van der Waals surface area contributed by atoms with E-state index in [1.807, 2.05) is 6.92 Å². The number of carbonyl (C=O) groups is 3. The number of allylic oxidation sites excluding steroid dienone is 4. The molecule has 6 nitrogen and oxygen atoms in total. The fraction of sp³-hybridized carbons (Fsp3) is 0.750. The highest BCUT2D eigenvalue weighted by molar-refractivity contribution is 6.01. The highest BCUT2D eigenvalue weighted by atomic mass is 19.1. The number of ketones is 1. The summed E-state index contributed by atoms with van der Waals surface area (Å²) in [5.74, 6) is -3.30. The Hall–Kier alpha value is -2.09. The minimum atomic E-state index is -2.20.